The lowest BCUT2D eigenvalue weighted by Crippen LogP contribution is -2.07. The van der Waals surface area contributed by atoms with E-state index in [2.05, 4.69) is 0 Å². The van der Waals surface area contributed by atoms with Crippen molar-refractivity contribution in [2.75, 3.05) is 0 Å². The zero-order valence-electron chi connectivity index (χ0n) is 10.7. The van der Waals surface area contributed by atoms with Crippen LogP contribution in [-0.4, -0.2) is 4.92 Å². The van der Waals surface area contributed by atoms with Crippen LogP contribution >= 0.6 is 0 Å². The van der Waals surface area contributed by atoms with Crippen molar-refractivity contribution in [3.63, 3.8) is 0 Å². The summed E-state index contributed by atoms with van der Waals surface area (Å²) in [5.41, 5.74) is 6.01. The third-order valence-electron chi connectivity index (χ3n) is 2.76. The molecule has 0 fully saturated rings. The predicted molar refractivity (Wildman–Crippen MR) is 72.2 cm³/mol. The van der Waals surface area contributed by atoms with Gasteiger partial charge in [-0.05, 0) is 19.1 Å². The maximum Gasteiger partial charge on any atom is 0.314 e. The fourth-order valence-electron chi connectivity index (χ4n) is 1.80. The molecule has 0 saturated carbocycles. The summed E-state index contributed by atoms with van der Waals surface area (Å²) in [6.07, 6.45) is 0. The summed E-state index contributed by atoms with van der Waals surface area (Å²) in [6.45, 7) is 1.75. The number of benzene rings is 2. The molecule has 2 aromatic carbocycles. The third-order valence-corrected chi connectivity index (χ3v) is 2.76. The molecule has 5 nitrogen and oxygen atoms in total. The number of nitro benzene ring substituents is 1. The van der Waals surface area contributed by atoms with Gasteiger partial charge in [-0.25, -0.2) is 4.39 Å². The van der Waals surface area contributed by atoms with Crippen LogP contribution in [0.4, 0.5) is 10.1 Å². The van der Waals surface area contributed by atoms with E-state index in [4.69, 9.17) is 10.5 Å². The summed E-state index contributed by atoms with van der Waals surface area (Å²) in [5, 5.41) is 10.9. The number of rotatable bonds is 4. The number of para-hydroxylation sites is 2. The van der Waals surface area contributed by atoms with Crippen molar-refractivity contribution in [3.8, 4) is 11.5 Å². The first kappa shape index (κ1) is 14.0. The molecule has 20 heavy (non-hydrogen) atoms. The lowest BCUT2D eigenvalue weighted by atomic mass is 10.1. The number of nitrogens with two attached hydrogens (primary N) is 1. The van der Waals surface area contributed by atoms with Crippen LogP contribution in [0.2, 0.25) is 0 Å². The molecule has 0 bridgehead atoms. The van der Waals surface area contributed by atoms with Gasteiger partial charge in [-0.3, -0.25) is 10.1 Å². The summed E-state index contributed by atoms with van der Waals surface area (Å²) in [4.78, 5) is 10.2. The molecule has 0 heterocycles. The van der Waals surface area contributed by atoms with Gasteiger partial charge in [-0.2, -0.15) is 0 Å². The fourth-order valence-corrected chi connectivity index (χ4v) is 1.80. The van der Waals surface area contributed by atoms with E-state index in [-0.39, 0.29) is 6.04 Å². The van der Waals surface area contributed by atoms with E-state index < -0.39 is 22.2 Å². The second-order valence-corrected chi connectivity index (χ2v) is 4.27. The molecule has 0 aliphatic carbocycles. The SMILES string of the molecule is C[C@H](N)c1ccccc1Oc1c(F)cccc1[N+](=O)[O-]. The Morgan fingerprint density at radius 2 is 1.95 bits per heavy atom. The molecule has 104 valence electrons. The van der Waals surface area contributed by atoms with E-state index in [9.17, 15) is 14.5 Å². The summed E-state index contributed by atoms with van der Waals surface area (Å²) < 4.78 is 19.2. The highest BCUT2D eigenvalue weighted by molar-refractivity contribution is 5.50. The Balaban J connectivity index is 2.48. The molecule has 1 atom stereocenters. The van der Waals surface area contributed by atoms with E-state index >= 15 is 0 Å². The molecule has 0 radical (unpaired) electrons. The molecule has 2 aromatic rings. The Kier molecular flexibility index (Phi) is 3.95. The molecule has 0 aliphatic rings. The van der Waals surface area contributed by atoms with Crippen LogP contribution in [-0.2, 0) is 0 Å². The van der Waals surface area contributed by atoms with Crippen molar-refractivity contribution in [1.29, 1.82) is 0 Å². The van der Waals surface area contributed by atoms with Crippen molar-refractivity contribution in [3.05, 3.63) is 64.0 Å². The van der Waals surface area contributed by atoms with E-state index in [1.54, 1.807) is 31.2 Å². The van der Waals surface area contributed by atoms with Crippen LogP contribution in [0.5, 0.6) is 11.5 Å². The zero-order valence-corrected chi connectivity index (χ0v) is 10.7. The first-order valence-electron chi connectivity index (χ1n) is 5.96. The van der Waals surface area contributed by atoms with Gasteiger partial charge in [0.2, 0.25) is 5.75 Å². The molecule has 0 unspecified atom stereocenters. The van der Waals surface area contributed by atoms with Crippen LogP contribution in [0, 0.1) is 15.9 Å². The van der Waals surface area contributed by atoms with Gasteiger partial charge in [0.05, 0.1) is 4.92 Å². The molecule has 0 saturated heterocycles. The van der Waals surface area contributed by atoms with Gasteiger partial charge in [0.15, 0.2) is 5.82 Å². The Hall–Kier alpha value is -2.47. The molecular weight excluding hydrogens is 263 g/mol. The van der Waals surface area contributed by atoms with Gasteiger partial charge in [-0.1, -0.05) is 24.3 Å². The molecular formula is C14H13FN2O3. The summed E-state index contributed by atoms with van der Waals surface area (Å²) in [6, 6.07) is 10.00. The number of nitrogens with zero attached hydrogens (tertiary/aromatic N) is 1. The van der Waals surface area contributed by atoms with E-state index in [1.165, 1.54) is 12.1 Å². The standard InChI is InChI=1S/C14H13FN2O3/c1-9(16)10-5-2-3-8-13(10)20-14-11(15)6-4-7-12(14)17(18)19/h2-9H,16H2,1H3/t9-/m0/s1. The van der Waals surface area contributed by atoms with Gasteiger partial charge < -0.3 is 10.5 Å². The largest absolute Gasteiger partial charge is 0.447 e. The Morgan fingerprint density at radius 3 is 2.60 bits per heavy atom. The van der Waals surface area contributed by atoms with Crippen LogP contribution in [0.15, 0.2) is 42.5 Å². The molecule has 0 aliphatic heterocycles. The minimum atomic E-state index is -0.793. The number of ether oxygens (including phenoxy) is 1. The van der Waals surface area contributed by atoms with Gasteiger partial charge in [0.1, 0.15) is 5.75 Å². The highest BCUT2D eigenvalue weighted by atomic mass is 19.1. The summed E-state index contributed by atoms with van der Waals surface area (Å²) in [7, 11) is 0. The Labute approximate surface area is 114 Å². The van der Waals surface area contributed by atoms with Gasteiger partial charge in [0.25, 0.3) is 0 Å². The first-order valence-corrected chi connectivity index (χ1v) is 5.96. The van der Waals surface area contributed by atoms with Crippen molar-refractivity contribution in [1.82, 2.24) is 0 Å². The number of hydrogen-bond acceptors (Lipinski definition) is 4. The fraction of sp³-hybridized carbons (Fsp3) is 0.143. The van der Waals surface area contributed by atoms with Gasteiger partial charge >= 0.3 is 5.69 Å². The molecule has 0 amide bonds. The Bertz CT molecular complexity index is 644. The van der Waals surface area contributed by atoms with Crippen molar-refractivity contribution >= 4 is 5.69 Å². The second-order valence-electron chi connectivity index (χ2n) is 4.27. The maximum atomic E-state index is 13.8. The number of halogens is 1. The minimum absolute atomic E-state index is 0.302. The minimum Gasteiger partial charge on any atom is -0.447 e. The quantitative estimate of drug-likeness (QED) is 0.684. The third kappa shape index (κ3) is 2.75. The lowest BCUT2D eigenvalue weighted by Gasteiger charge is -2.13. The average Bonchev–Trinajstić information content (AvgIpc) is 2.41. The van der Waals surface area contributed by atoms with Crippen LogP contribution in [0.1, 0.15) is 18.5 Å². The maximum absolute atomic E-state index is 13.8. The van der Waals surface area contributed by atoms with E-state index in [1.807, 2.05) is 0 Å². The van der Waals surface area contributed by atoms with Crippen molar-refractivity contribution in [2.45, 2.75) is 13.0 Å². The summed E-state index contributed by atoms with van der Waals surface area (Å²) >= 11 is 0. The van der Waals surface area contributed by atoms with Gasteiger partial charge in [0, 0.05) is 17.7 Å². The number of hydrogen-bond donors (Lipinski definition) is 1. The average molecular weight is 276 g/mol. The second kappa shape index (κ2) is 5.66. The smallest absolute Gasteiger partial charge is 0.314 e. The highest BCUT2D eigenvalue weighted by Gasteiger charge is 2.21. The van der Waals surface area contributed by atoms with Gasteiger partial charge in [-0.15, -0.1) is 0 Å². The highest BCUT2D eigenvalue weighted by Crippen LogP contribution is 2.36. The first-order chi connectivity index (χ1) is 9.50. The van der Waals surface area contributed by atoms with Crippen molar-refractivity contribution < 1.29 is 14.1 Å². The molecule has 2 N–H and O–H groups in total. The summed E-state index contributed by atoms with van der Waals surface area (Å²) in [5.74, 6) is -0.903. The lowest BCUT2D eigenvalue weighted by molar-refractivity contribution is -0.385. The van der Waals surface area contributed by atoms with Crippen LogP contribution in [0.25, 0.3) is 0 Å². The monoisotopic (exact) mass is 276 g/mol. The molecule has 6 heteroatoms. The number of nitro groups is 1. The normalized spacial score (nSPS) is 11.9. The predicted octanol–water partition coefficient (Wildman–Crippen LogP) is 3.55. The van der Waals surface area contributed by atoms with Crippen LogP contribution in [0.3, 0.4) is 0 Å². The van der Waals surface area contributed by atoms with Crippen molar-refractivity contribution in [2.24, 2.45) is 5.73 Å². The molecule has 0 spiro atoms. The van der Waals surface area contributed by atoms with Crippen LogP contribution < -0.4 is 10.5 Å². The Morgan fingerprint density at radius 1 is 1.25 bits per heavy atom. The molecule has 0 aromatic heterocycles. The van der Waals surface area contributed by atoms with E-state index in [0.717, 1.165) is 6.07 Å². The topological polar surface area (TPSA) is 78.4 Å². The molecule has 2 rings (SSSR count). The van der Waals surface area contributed by atoms with E-state index in [0.29, 0.717) is 11.3 Å². The zero-order chi connectivity index (χ0) is 14.7.